The van der Waals surface area contributed by atoms with Gasteiger partial charge >= 0.3 is 24.0 Å². The van der Waals surface area contributed by atoms with Crippen LogP contribution in [0.3, 0.4) is 0 Å². The van der Waals surface area contributed by atoms with Crippen molar-refractivity contribution >= 4 is 102 Å². The first kappa shape index (κ1) is 54.5. The number of nitrogens with one attached hydrogen (secondary N) is 5. The predicted octanol–water partition coefficient (Wildman–Crippen LogP) is 6.10. The van der Waals surface area contributed by atoms with Crippen molar-refractivity contribution < 1.29 is 64.5 Å². The average molecular weight is 1060 g/mol. The third-order valence-corrected chi connectivity index (χ3v) is 12.0. The van der Waals surface area contributed by atoms with Gasteiger partial charge in [-0.1, -0.05) is 65.1 Å². The van der Waals surface area contributed by atoms with E-state index in [1.54, 1.807) is 42.0 Å². The number of hydrogen-bond acceptors (Lipinski definition) is 18. The van der Waals surface area contributed by atoms with Gasteiger partial charge in [-0.25, -0.2) is 50.4 Å². The van der Waals surface area contributed by atoms with E-state index in [1.165, 1.54) is 77.0 Å². The van der Waals surface area contributed by atoms with E-state index < -0.39 is 54.7 Å². The molecule has 0 atom stereocenters. The molecule has 6 rings (SSSR count). The number of methoxy groups -OCH3 is 4. The lowest BCUT2D eigenvalue weighted by Gasteiger charge is -2.11. The zero-order valence-electron chi connectivity index (χ0n) is 36.9. The first-order chi connectivity index (χ1) is 32.7. The van der Waals surface area contributed by atoms with Crippen LogP contribution >= 0.6 is 34.8 Å². The Morgan fingerprint density at radius 3 is 1.75 bits per heavy atom. The van der Waals surface area contributed by atoms with Gasteiger partial charge in [0.2, 0.25) is 45.5 Å². The minimum atomic E-state index is -4.38. The summed E-state index contributed by atoms with van der Waals surface area (Å²) in [4.78, 5) is 74.0. The van der Waals surface area contributed by atoms with Crippen LogP contribution in [-0.2, 0) is 40.1 Å². The number of carbonyl (C=O) groups excluding carboxylic acids is 5. The molecule has 3 aromatic carbocycles. The molecule has 368 valence electrons. The lowest BCUT2D eigenvalue weighted by atomic mass is 10.1. The van der Waals surface area contributed by atoms with Crippen LogP contribution in [0.2, 0.25) is 15.2 Å². The summed E-state index contributed by atoms with van der Waals surface area (Å²) in [5.74, 6) is -2.07. The Balaban J connectivity index is 0.000000237. The Labute approximate surface area is 410 Å². The minimum Gasteiger partial charge on any atom is -0.481 e. The van der Waals surface area contributed by atoms with Gasteiger partial charge in [-0.15, -0.1) is 0 Å². The van der Waals surface area contributed by atoms with Crippen molar-refractivity contribution in [3.63, 3.8) is 0 Å². The SMILES string of the molecule is CCOC(=O)c1ccccc1S(=O)(=O)NC(=O)Nc1nc(Cl)cc(OC)n1.COC(=O)c1ccccc1CS(=O)(=O)NC(=O)Nc1nc(OC)cc(OC)n1.O=C(Nc1ccc(Cl)c(Cl)c1)C1CC1. The lowest BCUT2D eigenvalue weighted by molar-refractivity contribution is -0.117. The predicted molar refractivity (Wildman–Crippen MR) is 251 cm³/mol. The van der Waals surface area contributed by atoms with Crippen LogP contribution in [0.25, 0.3) is 0 Å². The molecule has 0 spiro atoms. The topological polar surface area (TPSA) is 311 Å². The molecule has 1 aliphatic rings. The van der Waals surface area contributed by atoms with Gasteiger partial charge in [0.25, 0.3) is 10.0 Å². The number of urea groups is 2. The number of anilines is 3. The highest BCUT2D eigenvalue weighted by molar-refractivity contribution is 7.90. The molecule has 5 amide bonds. The quantitative estimate of drug-likeness (QED) is 0.0584. The van der Waals surface area contributed by atoms with Crippen molar-refractivity contribution in [1.82, 2.24) is 29.4 Å². The highest BCUT2D eigenvalue weighted by Gasteiger charge is 2.30. The second kappa shape index (κ2) is 25.3. The summed E-state index contributed by atoms with van der Waals surface area (Å²) < 4.78 is 77.3. The van der Waals surface area contributed by atoms with E-state index in [1.807, 2.05) is 4.72 Å². The molecule has 5 aromatic rings. The van der Waals surface area contributed by atoms with E-state index in [-0.39, 0.29) is 69.8 Å². The van der Waals surface area contributed by atoms with Crippen LogP contribution in [0.5, 0.6) is 17.6 Å². The second-order valence-corrected chi connectivity index (χ2v) is 18.0. The maximum Gasteiger partial charge on any atom is 0.339 e. The molecule has 28 heteroatoms. The standard InChI is InChI=1S/C16H18N4O7S.C15H15ClN4O6S.C10H9Cl2NO/c1-25-12-8-13(26-2)18-15(17-12)19-16(22)20-28(23,24)9-10-6-4-5-7-11(10)14(21)27-3;1-3-26-13(21)9-6-4-5-7-10(9)27(23,24)20-15(22)19-14-17-11(16)8-12(18-14)25-2;11-8-4-3-7(5-9(8)12)13-10(14)6-1-2-6/h4-8H,9H2,1-3H3,(H2,17,18,19,20,22);4-8H,3H2,1-2H3,(H2,17,18,19,20,22);3-6H,1-2H2,(H,13,14). The molecule has 69 heavy (non-hydrogen) atoms. The molecule has 0 bridgehead atoms. The van der Waals surface area contributed by atoms with E-state index in [4.69, 9.17) is 53.8 Å². The van der Waals surface area contributed by atoms with Crippen LogP contribution in [0, 0.1) is 5.92 Å². The first-order valence-corrected chi connectivity index (χ1v) is 23.9. The van der Waals surface area contributed by atoms with E-state index in [2.05, 4.69) is 40.6 Å². The highest BCUT2D eigenvalue weighted by Crippen LogP contribution is 2.31. The van der Waals surface area contributed by atoms with Crippen LogP contribution in [-0.4, -0.2) is 102 Å². The van der Waals surface area contributed by atoms with Crippen molar-refractivity contribution in [2.75, 3.05) is 51.0 Å². The molecule has 1 aliphatic carbocycles. The Morgan fingerprint density at radius 2 is 1.19 bits per heavy atom. The zero-order valence-corrected chi connectivity index (χ0v) is 40.8. The fourth-order valence-corrected chi connectivity index (χ4v) is 7.88. The van der Waals surface area contributed by atoms with E-state index >= 15 is 0 Å². The Bertz CT molecular complexity index is 2890. The third-order valence-electron chi connectivity index (χ3n) is 8.48. The molecule has 5 N–H and O–H groups in total. The number of amides is 5. The van der Waals surface area contributed by atoms with Gasteiger partial charge in [0.1, 0.15) is 10.0 Å². The van der Waals surface area contributed by atoms with E-state index in [0.29, 0.717) is 15.7 Å². The average Bonchev–Trinajstić information content (AvgIpc) is 4.16. The first-order valence-electron chi connectivity index (χ1n) is 19.6. The smallest absolute Gasteiger partial charge is 0.339 e. The summed E-state index contributed by atoms with van der Waals surface area (Å²) in [6, 6.07) is 16.8. The summed E-state index contributed by atoms with van der Waals surface area (Å²) in [6.45, 7) is 1.65. The molecular weight excluding hydrogens is 1010 g/mol. The largest absolute Gasteiger partial charge is 0.481 e. The third kappa shape index (κ3) is 17.2. The number of benzene rings is 3. The minimum absolute atomic E-state index is 0.0207. The molecule has 0 unspecified atom stereocenters. The van der Waals surface area contributed by atoms with Gasteiger partial charge in [-0.05, 0) is 61.7 Å². The number of sulfonamides is 2. The second-order valence-electron chi connectivity index (χ2n) is 13.5. The number of rotatable bonds is 15. The number of nitrogens with zero attached hydrogens (tertiary/aromatic N) is 4. The number of hydrogen-bond donors (Lipinski definition) is 5. The fraction of sp³-hybridized carbons (Fsp3) is 0.244. The van der Waals surface area contributed by atoms with Crippen molar-refractivity contribution in [2.45, 2.75) is 30.4 Å². The fourth-order valence-electron chi connectivity index (χ4n) is 5.24. The van der Waals surface area contributed by atoms with Gasteiger partial charge in [0.15, 0.2) is 0 Å². The Hall–Kier alpha value is -7.06. The number of ether oxygens (including phenoxy) is 5. The molecule has 23 nitrogen and oxygen atoms in total. The maximum atomic E-state index is 12.5. The van der Waals surface area contributed by atoms with Gasteiger partial charge < -0.3 is 29.0 Å². The van der Waals surface area contributed by atoms with Crippen molar-refractivity contribution in [3.8, 4) is 17.6 Å². The van der Waals surface area contributed by atoms with Crippen molar-refractivity contribution in [2.24, 2.45) is 5.92 Å². The highest BCUT2D eigenvalue weighted by atomic mass is 35.5. The van der Waals surface area contributed by atoms with E-state index in [0.717, 1.165) is 12.8 Å². The number of carbonyl (C=O) groups is 5. The molecule has 1 fully saturated rings. The molecule has 0 aliphatic heterocycles. The summed E-state index contributed by atoms with van der Waals surface area (Å²) in [5, 5.41) is 8.03. The molecule has 0 saturated heterocycles. The van der Waals surface area contributed by atoms with Gasteiger partial charge in [0, 0.05) is 17.7 Å². The monoisotopic (exact) mass is 1050 g/mol. The summed E-state index contributed by atoms with van der Waals surface area (Å²) in [7, 11) is -3.29. The number of esters is 2. The molecule has 2 heterocycles. The number of halogens is 3. The van der Waals surface area contributed by atoms with Crippen LogP contribution in [0.1, 0.15) is 46.0 Å². The molecule has 2 aromatic heterocycles. The summed E-state index contributed by atoms with van der Waals surface area (Å²) in [5.41, 5.74) is 0.752. The maximum absolute atomic E-state index is 12.5. The van der Waals surface area contributed by atoms with Gasteiger partial charge in [-0.2, -0.15) is 15.0 Å². The van der Waals surface area contributed by atoms with Crippen LogP contribution in [0.15, 0.2) is 83.8 Å². The number of aromatic nitrogens is 4. The summed E-state index contributed by atoms with van der Waals surface area (Å²) in [6.07, 6.45) is 1.99. The van der Waals surface area contributed by atoms with Gasteiger partial charge in [-0.3, -0.25) is 15.4 Å². The normalized spacial score (nSPS) is 11.7. The lowest BCUT2D eigenvalue weighted by Crippen LogP contribution is -2.36. The van der Waals surface area contributed by atoms with Crippen LogP contribution in [0.4, 0.5) is 27.2 Å². The molecule has 1 saturated carbocycles. The van der Waals surface area contributed by atoms with Crippen molar-refractivity contribution in [1.29, 1.82) is 0 Å². The Morgan fingerprint density at radius 1 is 0.638 bits per heavy atom. The molecular formula is C41H42Cl3N9O14S2. The van der Waals surface area contributed by atoms with Gasteiger partial charge in [0.05, 0.1) is 68.0 Å². The molecule has 0 radical (unpaired) electrons. The zero-order chi connectivity index (χ0) is 50.9. The summed E-state index contributed by atoms with van der Waals surface area (Å²) >= 11 is 17.3. The Kier molecular flexibility index (Phi) is 20.0. The van der Waals surface area contributed by atoms with Crippen molar-refractivity contribution in [3.05, 3.63) is 111 Å². The van der Waals surface area contributed by atoms with Crippen LogP contribution < -0.4 is 39.6 Å². The van der Waals surface area contributed by atoms with E-state index in [9.17, 15) is 40.8 Å².